The number of imidazole rings is 1. The Morgan fingerprint density at radius 2 is 1.91 bits per heavy atom. The molecule has 3 rings (SSSR count). The summed E-state index contributed by atoms with van der Waals surface area (Å²) >= 11 is 12.3. The van der Waals surface area contributed by atoms with E-state index >= 15 is 0 Å². The van der Waals surface area contributed by atoms with E-state index in [0.29, 0.717) is 23.1 Å². The van der Waals surface area contributed by atoms with E-state index in [4.69, 9.17) is 27.9 Å². The minimum atomic E-state index is -0.203. The SMILES string of the molecule is Clc1ccc(C(Cc2ncc[nH]2)OCc2ccccc2)c(Cl)c1. The standard InChI is InChI=1S/C18H16Cl2N2O/c19-14-6-7-15(16(20)10-14)17(11-18-21-8-9-22-18)23-12-13-4-2-1-3-5-13/h1-10,17H,11-12H2,(H,21,22). The maximum Gasteiger partial charge on any atom is 0.108 e. The van der Waals surface area contributed by atoms with Crippen molar-refractivity contribution in [1.82, 2.24) is 9.97 Å². The molecule has 0 amide bonds. The molecule has 3 aromatic rings. The van der Waals surface area contributed by atoms with Gasteiger partial charge in [0.05, 0.1) is 12.7 Å². The van der Waals surface area contributed by atoms with Gasteiger partial charge in [-0.25, -0.2) is 4.98 Å². The van der Waals surface area contributed by atoms with Crippen LogP contribution in [-0.2, 0) is 17.8 Å². The van der Waals surface area contributed by atoms with E-state index in [2.05, 4.69) is 9.97 Å². The summed E-state index contributed by atoms with van der Waals surface area (Å²) in [6.07, 6.45) is 3.94. The van der Waals surface area contributed by atoms with Gasteiger partial charge < -0.3 is 9.72 Å². The fourth-order valence-electron chi connectivity index (χ4n) is 2.38. The maximum absolute atomic E-state index is 6.35. The number of H-pyrrole nitrogens is 1. The third-order valence-corrected chi connectivity index (χ3v) is 4.10. The second kappa shape index (κ2) is 7.64. The highest BCUT2D eigenvalue weighted by atomic mass is 35.5. The molecule has 1 aromatic heterocycles. The molecule has 0 aliphatic heterocycles. The van der Waals surface area contributed by atoms with Crippen LogP contribution in [0.3, 0.4) is 0 Å². The Bertz CT molecular complexity index is 745. The molecule has 1 atom stereocenters. The van der Waals surface area contributed by atoms with Gasteiger partial charge in [0.25, 0.3) is 0 Å². The first-order valence-corrected chi connectivity index (χ1v) is 8.06. The molecule has 5 heteroatoms. The summed E-state index contributed by atoms with van der Waals surface area (Å²) in [6, 6.07) is 15.5. The molecule has 3 nitrogen and oxygen atoms in total. The third-order valence-electron chi connectivity index (χ3n) is 3.54. The molecule has 0 radical (unpaired) electrons. The molecule has 1 N–H and O–H groups in total. The Balaban J connectivity index is 1.81. The van der Waals surface area contributed by atoms with Crippen molar-refractivity contribution in [3.63, 3.8) is 0 Å². The second-order valence-corrected chi connectivity index (χ2v) is 6.03. The molecule has 0 saturated heterocycles. The van der Waals surface area contributed by atoms with Gasteiger partial charge in [-0.3, -0.25) is 0 Å². The van der Waals surface area contributed by atoms with E-state index in [1.165, 1.54) is 0 Å². The average molecular weight is 347 g/mol. The molecule has 2 aromatic carbocycles. The van der Waals surface area contributed by atoms with E-state index in [1.807, 2.05) is 42.5 Å². The predicted octanol–water partition coefficient (Wildman–Crippen LogP) is 5.22. The molecule has 1 unspecified atom stereocenters. The van der Waals surface area contributed by atoms with Gasteiger partial charge in [-0.1, -0.05) is 59.6 Å². The summed E-state index contributed by atoms with van der Waals surface area (Å²) in [7, 11) is 0. The largest absolute Gasteiger partial charge is 0.368 e. The van der Waals surface area contributed by atoms with Crippen LogP contribution in [0.25, 0.3) is 0 Å². The maximum atomic E-state index is 6.35. The highest BCUT2D eigenvalue weighted by Crippen LogP contribution is 2.31. The lowest BCUT2D eigenvalue weighted by molar-refractivity contribution is 0.0388. The van der Waals surface area contributed by atoms with Crippen LogP contribution >= 0.6 is 23.2 Å². The van der Waals surface area contributed by atoms with Crippen LogP contribution in [0.1, 0.15) is 23.1 Å². The summed E-state index contributed by atoms with van der Waals surface area (Å²) in [5.74, 6) is 0.856. The fourth-order valence-corrected chi connectivity index (χ4v) is 2.91. The molecule has 1 heterocycles. The van der Waals surface area contributed by atoms with Crippen LogP contribution in [0.2, 0.25) is 10.0 Å². The molecule has 0 fully saturated rings. The summed E-state index contributed by atoms with van der Waals surface area (Å²) < 4.78 is 6.12. The Kier molecular flexibility index (Phi) is 5.34. The van der Waals surface area contributed by atoms with Crippen molar-refractivity contribution in [3.8, 4) is 0 Å². The van der Waals surface area contributed by atoms with Gasteiger partial charge in [-0.05, 0) is 23.3 Å². The van der Waals surface area contributed by atoms with E-state index in [0.717, 1.165) is 17.0 Å². The van der Waals surface area contributed by atoms with E-state index < -0.39 is 0 Å². The number of hydrogen-bond acceptors (Lipinski definition) is 2. The van der Waals surface area contributed by atoms with Crippen LogP contribution in [0, 0.1) is 0 Å². The van der Waals surface area contributed by atoms with E-state index in [1.54, 1.807) is 18.5 Å². The van der Waals surface area contributed by atoms with Gasteiger partial charge in [0.1, 0.15) is 5.82 Å². The lowest BCUT2D eigenvalue weighted by Gasteiger charge is -2.19. The number of ether oxygens (including phenoxy) is 1. The third kappa shape index (κ3) is 4.35. The van der Waals surface area contributed by atoms with Gasteiger partial charge in [0.2, 0.25) is 0 Å². The average Bonchev–Trinajstić information content (AvgIpc) is 3.06. The Morgan fingerprint density at radius 3 is 2.61 bits per heavy atom. The minimum absolute atomic E-state index is 0.203. The quantitative estimate of drug-likeness (QED) is 0.664. The molecular formula is C18H16Cl2N2O. The normalized spacial score (nSPS) is 12.3. The summed E-state index contributed by atoms with van der Waals surface area (Å²) in [5.41, 5.74) is 2.02. The van der Waals surface area contributed by atoms with Crippen LogP contribution < -0.4 is 0 Å². The molecule has 0 aliphatic carbocycles. The summed E-state index contributed by atoms with van der Waals surface area (Å²) in [6.45, 7) is 0.505. The van der Waals surface area contributed by atoms with Gasteiger partial charge in [0, 0.05) is 28.9 Å². The van der Waals surface area contributed by atoms with Crippen molar-refractivity contribution < 1.29 is 4.74 Å². The molecular weight excluding hydrogens is 331 g/mol. The van der Waals surface area contributed by atoms with Crippen molar-refractivity contribution in [1.29, 1.82) is 0 Å². The van der Waals surface area contributed by atoms with Crippen LogP contribution in [0.4, 0.5) is 0 Å². The number of rotatable bonds is 6. The van der Waals surface area contributed by atoms with Crippen LogP contribution in [0.5, 0.6) is 0 Å². The van der Waals surface area contributed by atoms with Gasteiger partial charge in [0.15, 0.2) is 0 Å². The predicted molar refractivity (Wildman–Crippen MR) is 92.7 cm³/mol. The zero-order valence-electron chi connectivity index (χ0n) is 12.4. The molecule has 0 saturated carbocycles. The first-order valence-electron chi connectivity index (χ1n) is 7.31. The molecule has 0 spiro atoms. The first-order chi connectivity index (χ1) is 11.2. The number of aromatic amines is 1. The zero-order chi connectivity index (χ0) is 16.1. The van der Waals surface area contributed by atoms with Crippen LogP contribution in [0.15, 0.2) is 60.9 Å². The number of nitrogens with one attached hydrogen (secondary N) is 1. The number of halogens is 2. The van der Waals surface area contributed by atoms with E-state index in [-0.39, 0.29) is 6.10 Å². The lowest BCUT2D eigenvalue weighted by Crippen LogP contribution is -2.10. The number of nitrogens with zero attached hydrogens (tertiary/aromatic N) is 1. The molecule has 23 heavy (non-hydrogen) atoms. The Morgan fingerprint density at radius 1 is 1.09 bits per heavy atom. The summed E-state index contributed by atoms with van der Waals surface area (Å²) in [4.78, 5) is 7.39. The van der Waals surface area contributed by atoms with Crippen molar-refractivity contribution in [2.45, 2.75) is 19.1 Å². The Hall–Kier alpha value is -1.81. The van der Waals surface area contributed by atoms with Crippen molar-refractivity contribution >= 4 is 23.2 Å². The van der Waals surface area contributed by atoms with Crippen molar-refractivity contribution in [2.24, 2.45) is 0 Å². The lowest BCUT2D eigenvalue weighted by atomic mass is 10.1. The van der Waals surface area contributed by atoms with Gasteiger partial charge in [-0.2, -0.15) is 0 Å². The molecule has 0 aliphatic rings. The number of benzene rings is 2. The fraction of sp³-hybridized carbons (Fsp3) is 0.167. The van der Waals surface area contributed by atoms with Crippen LogP contribution in [-0.4, -0.2) is 9.97 Å². The minimum Gasteiger partial charge on any atom is -0.368 e. The smallest absolute Gasteiger partial charge is 0.108 e. The Labute approximate surface area is 145 Å². The number of hydrogen-bond donors (Lipinski definition) is 1. The number of aromatic nitrogens is 2. The highest BCUT2D eigenvalue weighted by molar-refractivity contribution is 6.35. The van der Waals surface area contributed by atoms with E-state index in [9.17, 15) is 0 Å². The first kappa shape index (κ1) is 16.1. The highest BCUT2D eigenvalue weighted by Gasteiger charge is 2.18. The monoisotopic (exact) mass is 346 g/mol. The molecule has 118 valence electrons. The summed E-state index contributed by atoms with van der Waals surface area (Å²) in [5, 5.41) is 1.21. The van der Waals surface area contributed by atoms with Crippen molar-refractivity contribution in [3.05, 3.63) is 87.9 Å². The van der Waals surface area contributed by atoms with Crippen molar-refractivity contribution in [2.75, 3.05) is 0 Å². The topological polar surface area (TPSA) is 37.9 Å². The zero-order valence-corrected chi connectivity index (χ0v) is 13.9. The second-order valence-electron chi connectivity index (χ2n) is 5.19. The van der Waals surface area contributed by atoms with Gasteiger partial charge in [-0.15, -0.1) is 0 Å². The molecule has 0 bridgehead atoms. The van der Waals surface area contributed by atoms with Gasteiger partial charge >= 0.3 is 0 Å².